The van der Waals surface area contributed by atoms with Crippen molar-refractivity contribution in [2.45, 2.75) is 38.6 Å². The van der Waals surface area contributed by atoms with Crippen LogP contribution in [0.3, 0.4) is 0 Å². The second-order valence-electron chi connectivity index (χ2n) is 5.02. The van der Waals surface area contributed by atoms with E-state index >= 15 is 0 Å². The van der Waals surface area contributed by atoms with E-state index in [9.17, 15) is 0 Å². The second-order valence-corrected chi connectivity index (χ2v) is 5.02. The maximum atomic E-state index is 4.64. The zero-order chi connectivity index (χ0) is 11.8. The molecular weight excluding hydrogens is 212 g/mol. The molecule has 2 aromatic rings. The van der Waals surface area contributed by atoms with Gasteiger partial charge < -0.3 is 10.3 Å². The third-order valence-electron chi connectivity index (χ3n) is 3.51. The van der Waals surface area contributed by atoms with Crippen LogP contribution in [0.4, 0.5) is 0 Å². The number of imidazole rings is 1. The minimum atomic E-state index is 0.542. The molecule has 1 aliphatic rings. The molecule has 3 heterocycles. The molecule has 4 nitrogen and oxygen atoms in total. The molecule has 0 radical (unpaired) electrons. The highest BCUT2D eigenvalue weighted by Gasteiger charge is 2.22. The molecule has 2 N–H and O–H groups in total. The molecule has 17 heavy (non-hydrogen) atoms. The van der Waals surface area contributed by atoms with Gasteiger partial charge >= 0.3 is 0 Å². The Kier molecular flexibility index (Phi) is 2.59. The summed E-state index contributed by atoms with van der Waals surface area (Å²) in [6, 6.07) is 4.67. The first kappa shape index (κ1) is 10.7. The van der Waals surface area contributed by atoms with Crippen LogP contribution in [0.1, 0.15) is 37.2 Å². The average Bonchev–Trinajstić information content (AvgIpc) is 2.72. The number of aromatic amines is 1. The molecular formula is C13H18N4. The van der Waals surface area contributed by atoms with Gasteiger partial charge in [0, 0.05) is 17.7 Å². The molecule has 90 valence electrons. The fraction of sp³-hybridized carbons (Fsp3) is 0.538. The predicted octanol–water partition coefficient (Wildman–Crippen LogP) is 2.12. The van der Waals surface area contributed by atoms with Crippen LogP contribution in [0.5, 0.6) is 0 Å². The van der Waals surface area contributed by atoms with Crippen molar-refractivity contribution in [1.82, 2.24) is 20.3 Å². The van der Waals surface area contributed by atoms with Gasteiger partial charge in [0.25, 0.3) is 0 Å². The van der Waals surface area contributed by atoms with Crippen molar-refractivity contribution >= 4 is 11.2 Å². The third-order valence-corrected chi connectivity index (χ3v) is 3.51. The first-order valence-electron chi connectivity index (χ1n) is 6.29. The van der Waals surface area contributed by atoms with Crippen molar-refractivity contribution in [3.05, 3.63) is 23.7 Å². The number of nitrogens with zero attached hydrogens (tertiary/aromatic N) is 2. The standard InChI is InChI=1S/C13H18N4/c1-8-3-4-11-13(15-8)17-12(16-11)10-5-6-14-9(2)7-10/h3-4,9-10,14H,5-7H2,1-2H3,(H,15,16,17). The first-order chi connectivity index (χ1) is 8.22. The molecule has 0 spiro atoms. The van der Waals surface area contributed by atoms with Gasteiger partial charge in [0.2, 0.25) is 0 Å². The number of rotatable bonds is 1. The number of piperidine rings is 1. The van der Waals surface area contributed by atoms with E-state index in [2.05, 4.69) is 33.3 Å². The van der Waals surface area contributed by atoms with Gasteiger partial charge in [0.15, 0.2) is 5.65 Å². The highest BCUT2D eigenvalue weighted by molar-refractivity contribution is 5.70. The number of aromatic nitrogens is 3. The van der Waals surface area contributed by atoms with E-state index in [4.69, 9.17) is 0 Å². The molecule has 1 aliphatic heterocycles. The van der Waals surface area contributed by atoms with Gasteiger partial charge in [-0.1, -0.05) is 0 Å². The van der Waals surface area contributed by atoms with E-state index in [0.717, 1.165) is 42.1 Å². The number of hydrogen-bond acceptors (Lipinski definition) is 3. The zero-order valence-corrected chi connectivity index (χ0v) is 10.3. The van der Waals surface area contributed by atoms with Gasteiger partial charge in [0.1, 0.15) is 5.82 Å². The lowest BCUT2D eigenvalue weighted by Gasteiger charge is -2.26. The molecule has 2 atom stereocenters. The second kappa shape index (κ2) is 4.11. The molecule has 0 bridgehead atoms. The summed E-state index contributed by atoms with van der Waals surface area (Å²) < 4.78 is 0. The molecule has 0 aromatic carbocycles. The van der Waals surface area contributed by atoms with Crippen LogP contribution in [-0.4, -0.2) is 27.5 Å². The summed E-state index contributed by atoms with van der Waals surface area (Å²) in [4.78, 5) is 12.5. The Morgan fingerprint density at radius 3 is 3.00 bits per heavy atom. The van der Waals surface area contributed by atoms with Crippen molar-refractivity contribution < 1.29 is 0 Å². The fourth-order valence-corrected chi connectivity index (χ4v) is 2.58. The predicted molar refractivity (Wildman–Crippen MR) is 68.1 cm³/mol. The minimum Gasteiger partial charge on any atom is -0.340 e. The fourth-order valence-electron chi connectivity index (χ4n) is 2.58. The molecule has 0 saturated carbocycles. The first-order valence-corrected chi connectivity index (χ1v) is 6.29. The molecule has 2 unspecified atom stereocenters. The lowest BCUT2D eigenvalue weighted by Crippen LogP contribution is -2.35. The molecule has 1 saturated heterocycles. The van der Waals surface area contributed by atoms with Crippen molar-refractivity contribution in [3.8, 4) is 0 Å². The van der Waals surface area contributed by atoms with Crippen LogP contribution in [0.2, 0.25) is 0 Å². The summed E-state index contributed by atoms with van der Waals surface area (Å²) in [6.07, 6.45) is 2.31. The van der Waals surface area contributed by atoms with Crippen LogP contribution in [-0.2, 0) is 0 Å². The molecule has 0 aliphatic carbocycles. The van der Waals surface area contributed by atoms with Gasteiger partial charge in [-0.25, -0.2) is 9.97 Å². The summed E-state index contributed by atoms with van der Waals surface area (Å²) in [5.41, 5.74) is 2.93. The van der Waals surface area contributed by atoms with Gasteiger partial charge in [-0.05, 0) is 45.4 Å². The summed E-state index contributed by atoms with van der Waals surface area (Å²) >= 11 is 0. The Hall–Kier alpha value is -1.42. The van der Waals surface area contributed by atoms with Gasteiger partial charge in [-0.2, -0.15) is 0 Å². The Labute approximate surface area is 101 Å². The number of hydrogen-bond donors (Lipinski definition) is 2. The summed E-state index contributed by atoms with van der Waals surface area (Å²) in [7, 11) is 0. The van der Waals surface area contributed by atoms with Gasteiger partial charge in [-0.15, -0.1) is 0 Å². The van der Waals surface area contributed by atoms with Crippen LogP contribution in [0.25, 0.3) is 11.2 Å². The Morgan fingerprint density at radius 2 is 2.18 bits per heavy atom. The van der Waals surface area contributed by atoms with Crippen LogP contribution in [0.15, 0.2) is 12.1 Å². The number of pyridine rings is 1. The van der Waals surface area contributed by atoms with Crippen molar-refractivity contribution in [2.75, 3.05) is 6.54 Å². The van der Waals surface area contributed by atoms with Crippen LogP contribution in [0, 0.1) is 6.92 Å². The zero-order valence-electron chi connectivity index (χ0n) is 10.3. The van der Waals surface area contributed by atoms with E-state index in [-0.39, 0.29) is 0 Å². The minimum absolute atomic E-state index is 0.542. The van der Waals surface area contributed by atoms with Crippen molar-refractivity contribution in [1.29, 1.82) is 0 Å². The highest BCUT2D eigenvalue weighted by Crippen LogP contribution is 2.26. The molecule has 3 rings (SSSR count). The maximum Gasteiger partial charge on any atom is 0.177 e. The number of fused-ring (bicyclic) bond motifs is 1. The molecule has 4 heteroatoms. The smallest absolute Gasteiger partial charge is 0.177 e. The lowest BCUT2D eigenvalue weighted by atomic mass is 9.93. The van der Waals surface area contributed by atoms with Gasteiger partial charge in [-0.3, -0.25) is 0 Å². The normalized spacial score (nSPS) is 25.3. The lowest BCUT2D eigenvalue weighted by molar-refractivity contribution is 0.373. The van der Waals surface area contributed by atoms with Crippen molar-refractivity contribution in [3.63, 3.8) is 0 Å². The SMILES string of the molecule is Cc1ccc2[nH]c(C3CCNC(C)C3)nc2n1. The van der Waals surface area contributed by atoms with Crippen molar-refractivity contribution in [2.24, 2.45) is 0 Å². The highest BCUT2D eigenvalue weighted by atomic mass is 15.0. The van der Waals surface area contributed by atoms with E-state index in [1.807, 2.05) is 13.0 Å². The van der Waals surface area contributed by atoms with E-state index in [0.29, 0.717) is 12.0 Å². The number of H-pyrrole nitrogens is 1. The molecule has 0 amide bonds. The molecule has 1 fully saturated rings. The monoisotopic (exact) mass is 230 g/mol. The number of aryl methyl sites for hydroxylation is 1. The van der Waals surface area contributed by atoms with Crippen LogP contribution < -0.4 is 5.32 Å². The summed E-state index contributed by atoms with van der Waals surface area (Å²) in [5, 5.41) is 3.47. The number of nitrogens with one attached hydrogen (secondary N) is 2. The van der Waals surface area contributed by atoms with E-state index in [1.165, 1.54) is 0 Å². The van der Waals surface area contributed by atoms with Gasteiger partial charge in [0.05, 0.1) is 5.52 Å². The quantitative estimate of drug-likeness (QED) is 0.789. The Balaban J connectivity index is 1.94. The third kappa shape index (κ3) is 2.05. The van der Waals surface area contributed by atoms with E-state index < -0.39 is 0 Å². The Bertz CT molecular complexity index is 531. The average molecular weight is 230 g/mol. The summed E-state index contributed by atoms with van der Waals surface area (Å²) in [5.74, 6) is 1.65. The van der Waals surface area contributed by atoms with Crippen LogP contribution >= 0.6 is 0 Å². The Morgan fingerprint density at radius 1 is 1.29 bits per heavy atom. The summed E-state index contributed by atoms with van der Waals surface area (Å²) in [6.45, 7) is 5.31. The maximum absolute atomic E-state index is 4.64. The van der Waals surface area contributed by atoms with E-state index in [1.54, 1.807) is 0 Å². The molecule has 2 aromatic heterocycles. The largest absolute Gasteiger partial charge is 0.340 e. The topological polar surface area (TPSA) is 53.6 Å².